The molecule has 1 aromatic rings. The molecule has 6 heteroatoms. The van der Waals surface area contributed by atoms with Crippen LogP contribution in [0.3, 0.4) is 0 Å². The van der Waals surface area contributed by atoms with Crippen LogP contribution in [0.5, 0.6) is 5.75 Å². The van der Waals surface area contributed by atoms with Crippen molar-refractivity contribution >= 4 is 11.9 Å². The first kappa shape index (κ1) is 16.9. The molecule has 0 aromatic heterocycles. The molecule has 0 aliphatic rings. The number of carboxylic acids is 1. The first-order valence-corrected chi connectivity index (χ1v) is 6.72. The fourth-order valence-corrected chi connectivity index (χ4v) is 1.67. The van der Waals surface area contributed by atoms with Crippen molar-refractivity contribution in [2.75, 3.05) is 13.2 Å². The number of hydrogen-bond donors (Lipinski definition) is 2. The van der Waals surface area contributed by atoms with Crippen LogP contribution in [0, 0.1) is 11.2 Å². The molecule has 0 unspecified atom stereocenters. The van der Waals surface area contributed by atoms with Crippen molar-refractivity contribution in [2.45, 2.75) is 27.2 Å². The smallest absolute Gasteiger partial charge is 0.309 e. The molecule has 0 radical (unpaired) electrons. The van der Waals surface area contributed by atoms with Crippen molar-refractivity contribution in [2.24, 2.45) is 5.41 Å². The number of hydrogen-bond acceptors (Lipinski definition) is 3. The Hall–Kier alpha value is -2.11. The lowest BCUT2D eigenvalue weighted by atomic mass is 9.90. The average molecular weight is 297 g/mol. The summed E-state index contributed by atoms with van der Waals surface area (Å²) >= 11 is 0. The Kier molecular flexibility index (Phi) is 5.69. The maximum Gasteiger partial charge on any atom is 0.309 e. The molecular formula is C15H20FNO4. The SMILES string of the molecule is CCOc1c(F)cccc1C(=O)NCCC(C)(C)C(=O)O. The predicted molar refractivity (Wildman–Crippen MR) is 75.9 cm³/mol. The quantitative estimate of drug-likeness (QED) is 0.810. The molecule has 1 rings (SSSR count). The molecule has 0 spiro atoms. The zero-order chi connectivity index (χ0) is 16.0. The standard InChI is InChI=1S/C15H20FNO4/c1-4-21-12-10(6-5-7-11(12)16)13(18)17-9-8-15(2,3)14(19)20/h5-7H,4,8-9H2,1-3H3,(H,17,18)(H,19,20). The molecule has 0 atom stereocenters. The molecule has 0 saturated heterocycles. The number of amides is 1. The van der Waals surface area contributed by atoms with Gasteiger partial charge in [0.05, 0.1) is 17.6 Å². The van der Waals surface area contributed by atoms with Gasteiger partial charge in [-0.3, -0.25) is 9.59 Å². The molecule has 21 heavy (non-hydrogen) atoms. The Morgan fingerprint density at radius 3 is 2.62 bits per heavy atom. The van der Waals surface area contributed by atoms with Crippen molar-refractivity contribution in [1.29, 1.82) is 0 Å². The van der Waals surface area contributed by atoms with Crippen LogP contribution in [0.2, 0.25) is 0 Å². The van der Waals surface area contributed by atoms with Crippen LogP contribution in [0.4, 0.5) is 4.39 Å². The second-order valence-electron chi connectivity index (χ2n) is 5.24. The number of ether oxygens (including phenoxy) is 1. The van der Waals surface area contributed by atoms with E-state index in [0.29, 0.717) is 0 Å². The Labute approximate surface area is 123 Å². The van der Waals surface area contributed by atoms with E-state index < -0.39 is 23.1 Å². The molecular weight excluding hydrogens is 277 g/mol. The average Bonchev–Trinajstić information content (AvgIpc) is 2.40. The Balaban J connectivity index is 2.73. The fraction of sp³-hybridized carbons (Fsp3) is 0.467. The summed E-state index contributed by atoms with van der Waals surface area (Å²) in [4.78, 5) is 23.0. The van der Waals surface area contributed by atoms with E-state index in [1.54, 1.807) is 20.8 Å². The molecule has 1 amide bonds. The number of rotatable bonds is 7. The van der Waals surface area contributed by atoms with E-state index in [4.69, 9.17) is 9.84 Å². The predicted octanol–water partition coefficient (Wildman–Crippen LogP) is 2.46. The van der Waals surface area contributed by atoms with Gasteiger partial charge in [0, 0.05) is 6.54 Å². The Morgan fingerprint density at radius 1 is 1.38 bits per heavy atom. The maximum absolute atomic E-state index is 13.6. The van der Waals surface area contributed by atoms with Gasteiger partial charge in [0.2, 0.25) is 0 Å². The molecule has 0 heterocycles. The molecule has 1 aromatic carbocycles. The lowest BCUT2D eigenvalue weighted by Gasteiger charge is -2.19. The highest BCUT2D eigenvalue weighted by atomic mass is 19.1. The molecule has 5 nitrogen and oxygen atoms in total. The number of halogens is 1. The normalized spacial score (nSPS) is 11.0. The minimum atomic E-state index is -0.933. The van der Waals surface area contributed by atoms with Crippen molar-refractivity contribution < 1.29 is 23.8 Å². The molecule has 0 saturated carbocycles. The van der Waals surface area contributed by atoms with E-state index in [1.165, 1.54) is 18.2 Å². The summed E-state index contributed by atoms with van der Waals surface area (Å²) in [5, 5.41) is 11.6. The molecule has 116 valence electrons. The van der Waals surface area contributed by atoms with Gasteiger partial charge >= 0.3 is 5.97 Å². The van der Waals surface area contributed by atoms with E-state index in [1.807, 2.05) is 0 Å². The van der Waals surface area contributed by atoms with Gasteiger partial charge in [-0.25, -0.2) is 4.39 Å². The number of benzene rings is 1. The number of para-hydroxylation sites is 1. The highest BCUT2D eigenvalue weighted by Gasteiger charge is 2.27. The zero-order valence-corrected chi connectivity index (χ0v) is 12.4. The van der Waals surface area contributed by atoms with Gasteiger partial charge in [0.1, 0.15) is 0 Å². The van der Waals surface area contributed by atoms with Crippen LogP contribution in [0.1, 0.15) is 37.6 Å². The van der Waals surface area contributed by atoms with Crippen LogP contribution < -0.4 is 10.1 Å². The molecule has 0 aliphatic heterocycles. The van der Waals surface area contributed by atoms with Gasteiger partial charge in [0.25, 0.3) is 5.91 Å². The summed E-state index contributed by atoms with van der Waals surface area (Å²) in [6.07, 6.45) is 0.271. The van der Waals surface area contributed by atoms with E-state index in [0.717, 1.165) is 0 Å². The minimum Gasteiger partial charge on any atom is -0.490 e. The number of carbonyl (C=O) groups is 2. The molecule has 0 fully saturated rings. The number of aliphatic carboxylic acids is 1. The third-order valence-corrected chi connectivity index (χ3v) is 3.11. The largest absolute Gasteiger partial charge is 0.490 e. The van der Waals surface area contributed by atoms with Gasteiger partial charge in [-0.2, -0.15) is 0 Å². The Morgan fingerprint density at radius 2 is 2.05 bits per heavy atom. The summed E-state index contributed by atoms with van der Waals surface area (Å²) in [7, 11) is 0. The van der Waals surface area contributed by atoms with E-state index in [9.17, 15) is 14.0 Å². The van der Waals surface area contributed by atoms with Crippen LogP contribution in [0.15, 0.2) is 18.2 Å². The second-order valence-corrected chi connectivity index (χ2v) is 5.24. The van der Waals surface area contributed by atoms with Gasteiger partial charge in [-0.05, 0) is 39.3 Å². The second kappa shape index (κ2) is 7.06. The van der Waals surface area contributed by atoms with Gasteiger partial charge < -0.3 is 15.2 Å². The fourth-order valence-electron chi connectivity index (χ4n) is 1.67. The highest BCUT2D eigenvalue weighted by molar-refractivity contribution is 5.97. The number of nitrogens with one attached hydrogen (secondary N) is 1. The van der Waals surface area contributed by atoms with Crippen molar-refractivity contribution in [3.63, 3.8) is 0 Å². The topological polar surface area (TPSA) is 75.6 Å². The first-order chi connectivity index (χ1) is 9.79. The third-order valence-electron chi connectivity index (χ3n) is 3.11. The van der Waals surface area contributed by atoms with Crippen molar-refractivity contribution in [3.8, 4) is 5.75 Å². The molecule has 2 N–H and O–H groups in total. The van der Waals surface area contributed by atoms with Crippen molar-refractivity contribution in [3.05, 3.63) is 29.6 Å². The highest BCUT2D eigenvalue weighted by Crippen LogP contribution is 2.23. The van der Waals surface area contributed by atoms with Crippen LogP contribution in [-0.2, 0) is 4.79 Å². The summed E-state index contributed by atoms with van der Waals surface area (Å²) in [6, 6.07) is 4.11. The lowest BCUT2D eigenvalue weighted by Crippen LogP contribution is -2.32. The summed E-state index contributed by atoms with van der Waals surface area (Å²) in [5.74, 6) is -2.11. The monoisotopic (exact) mass is 297 g/mol. The van der Waals surface area contributed by atoms with Crippen LogP contribution in [0.25, 0.3) is 0 Å². The van der Waals surface area contributed by atoms with Gasteiger partial charge in [-0.15, -0.1) is 0 Å². The lowest BCUT2D eigenvalue weighted by molar-refractivity contribution is -0.147. The first-order valence-electron chi connectivity index (χ1n) is 6.72. The Bertz CT molecular complexity index is 528. The van der Waals surface area contributed by atoms with E-state index in [-0.39, 0.29) is 30.9 Å². The summed E-state index contributed by atoms with van der Waals surface area (Å²) < 4.78 is 18.8. The maximum atomic E-state index is 13.6. The molecule has 0 bridgehead atoms. The summed E-state index contributed by atoms with van der Waals surface area (Å²) in [6.45, 7) is 5.28. The minimum absolute atomic E-state index is 0.0880. The van der Waals surface area contributed by atoms with Crippen LogP contribution in [-0.4, -0.2) is 30.1 Å². The van der Waals surface area contributed by atoms with E-state index >= 15 is 0 Å². The van der Waals surface area contributed by atoms with E-state index in [2.05, 4.69) is 5.32 Å². The van der Waals surface area contributed by atoms with Gasteiger partial charge in [-0.1, -0.05) is 6.07 Å². The summed E-state index contributed by atoms with van der Waals surface area (Å²) in [5.41, 5.74) is -0.831. The number of carboxylic acid groups (broad SMARTS) is 1. The van der Waals surface area contributed by atoms with Crippen molar-refractivity contribution in [1.82, 2.24) is 5.32 Å². The van der Waals surface area contributed by atoms with Gasteiger partial charge in [0.15, 0.2) is 11.6 Å². The number of carbonyl (C=O) groups excluding carboxylic acids is 1. The molecule has 0 aliphatic carbocycles. The zero-order valence-electron chi connectivity index (χ0n) is 12.4. The third kappa shape index (κ3) is 4.44. The van der Waals surface area contributed by atoms with Crippen LogP contribution >= 0.6 is 0 Å².